The predicted molar refractivity (Wildman–Crippen MR) is 80.0 cm³/mol. The van der Waals surface area contributed by atoms with Gasteiger partial charge in [-0.15, -0.1) is 0 Å². The molecule has 18 heavy (non-hydrogen) atoms. The minimum atomic E-state index is -0.0742. The van der Waals surface area contributed by atoms with Crippen molar-refractivity contribution in [3.05, 3.63) is 0 Å². The summed E-state index contributed by atoms with van der Waals surface area (Å²) in [4.78, 5) is 11.9. The summed E-state index contributed by atoms with van der Waals surface area (Å²) in [7, 11) is 0. The van der Waals surface area contributed by atoms with Gasteiger partial charge in [0.05, 0.1) is 6.04 Å². The number of nitrogens with one attached hydrogen (secondary N) is 2. The van der Waals surface area contributed by atoms with Gasteiger partial charge in [0, 0.05) is 17.8 Å². The van der Waals surface area contributed by atoms with Gasteiger partial charge in [0.2, 0.25) is 5.91 Å². The summed E-state index contributed by atoms with van der Waals surface area (Å²) in [5.74, 6) is 0.784. The maximum atomic E-state index is 11.9. The normalized spacial score (nSPS) is 25.4. The molecule has 3 unspecified atom stereocenters. The largest absolute Gasteiger partial charge is 0.355 e. The number of hydrogen-bond donors (Lipinski definition) is 2. The molecule has 1 aliphatic rings. The molecule has 1 fully saturated rings. The highest BCUT2D eigenvalue weighted by Gasteiger charge is 2.28. The fourth-order valence-electron chi connectivity index (χ4n) is 2.43. The van der Waals surface area contributed by atoms with Crippen molar-refractivity contribution >= 4 is 17.7 Å². The highest BCUT2D eigenvalue weighted by molar-refractivity contribution is 7.99. The Balaban J connectivity index is 2.26. The topological polar surface area (TPSA) is 41.1 Å². The molecule has 3 nitrogen and oxygen atoms in total. The van der Waals surface area contributed by atoms with Crippen molar-refractivity contribution < 1.29 is 4.79 Å². The van der Waals surface area contributed by atoms with Crippen LogP contribution in [-0.4, -0.2) is 36.0 Å². The molecule has 0 aliphatic heterocycles. The summed E-state index contributed by atoms with van der Waals surface area (Å²) in [6, 6.07) is 0.431. The lowest BCUT2D eigenvalue weighted by atomic mass is 10.1. The van der Waals surface area contributed by atoms with Gasteiger partial charge in [-0.05, 0) is 38.4 Å². The van der Waals surface area contributed by atoms with Crippen molar-refractivity contribution in [2.45, 2.75) is 63.8 Å². The van der Waals surface area contributed by atoms with Crippen LogP contribution in [0.4, 0.5) is 0 Å². The van der Waals surface area contributed by atoms with Gasteiger partial charge < -0.3 is 10.6 Å². The summed E-state index contributed by atoms with van der Waals surface area (Å²) in [6.45, 7) is 7.12. The second-order valence-electron chi connectivity index (χ2n) is 5.67. The van der Waals surface area contributed by atoms with E-state index in [0.29, 0.717) is 17.2 Å². The molecule has 1 aliphatic carbocycles. The lowest BCUT2D eigenvalue weighted by Crippen LogP contribution is -2.48. The number of rotatable bonds is 7. The van der Waals surface area contributed by atoms with Crippen LogP contribution < -0.4 is 10.6 Å². The van der Waals surface area contributed by atoms with Crippen molar-refractivity contribution in [1.82, 2.24) is 10.6 Å². The Morgan fingerprint density at radius 3 is 2.67 bits per heavy atom. The van der Waals surface area contributed by atoms with Crippen molar-refractivity contribution in [3.8, 4) is 0 Å². The molecule has 106 valence electrons. The van der Waals surface area contributed by atoms with Gasteiger partial charge in [0.1, 0.15) is 0 Å². The third-order valence-corrected chi connectivity index (χ3v) is 4.80. The van der Waals surface area contributed by atoms with E-state index >= 15 is 0 Å². The molecule has 0 aromatic carbocycles. The molecular formula is C14H28N2OS. The van der Waals surface area contributed by atoms with Gasteiger partial charge in [-0.3, -0.25) is 4.79 Å². The number of amides is 1. The first-order chi connectivity index (χ1) is 8.54. The van der Waals surface area contributed by atoms with Crippen LogP contribution in [0.2, 0.25) is 0 Å². The molecule has 0 saturated heterocycles. The Morgan fingerprint density at radius 2 is 2.06 bits per heavy atom. The van der Waals surface area contributed by atoms with E-state index in [9.17, 15) is 4.79 Å². The summed E-state index contributed by atoms with van der Waals surface area (Å²) >= 11 is 1.92. The van der Waals surface area contributed by atoms with Crippen LogP contribution in [-0.2, 0) is 4.79 Å². The first-order valence-electron chi connectivity index (χ1n) is 7.11. The van der Waals surface area contributed by atoms with Crippen molar-refractivity contribution in [3.63, 3.8) is 0 Å². The molecule has 0 bridgehead atoms. The van der Waals surface area contributed by atoms with Crippen LogP contribution in [0, 0.1) is 5.92 Å². The third-order valence-electron chi connectivity index (χ3n) is 3.63. The zero-order valence-electron chi connectivity index (χ0n) is 12.2. The van der Waals surface area contributed by atoms with Gasteiger partial charge in [-0.25, -0.2) is 0 Å². The number of carbonyl (C=O) groups is 1. The molecule has 0 aromatic rings. The molecule has 3 atom stereocenters. The quantitative estimate of drug-likeness (QED) is 0.748. The first kappa shape index (κ1) is 15.8. The monoisotopic (exact) mass is 272 g/mol. The van der Waals surface area contributed by atoms with E-state index in [-0.39, 0.29) is 11.9 Å². The molecule has 0 radical (unpaired) electrons. The highest BCUT2D eigenvalue weighted by Crippen LogP contribution is 2.28. The molecule has 2 N–H and O–H groups in total. The van der Waals surface area contributed by atoms with Gasteiger partial charge in [-0.1, -0.05) is 20.3 Å². The molecule has 4 heteroatoms. The van der Waals surface area contributed by atoms with Crippen LogP contribution in [0.15, 0.2) is 0 Å². The molecule has 1 amide bonds. The van der Waals surface area contributed by atoms with E-state index in [4.69, 9.17) is 0 Å². The average molecular weight is 272 g/mol. The standard InChI is InChI=1S/C14H28N2OS/c1-10(2)8-9-15-14(17)11(3)16-12-6-5-7-13(12)18-4/h10-13,16H,5-9H2,1-4H3,(H,15,17). The Labute approximate surface area is 116 Å². The Bertz CT molecular complexity index is 258. The average Bonchev–Trinajstić information content (AvgIpc) is 2.75. The predicted octanol–water partition coefficient (Wildman–Crippen LogP) is 2.41. The second-order valence-corrected chi connectivity index (χ2v) is 6.75. The van der Waals surface area contributed by atoms with Crippen LogP contribution in [0.5, 0.6) is 0 Å². The minimum Gasteiger partial charge on any atom is -0.355 e. The van der Waals surface area contributed by atoms with Crippen molar-refractivity contribution in [1.29, 1.82) is 0 Å². The molecule has 0 aromatic heterocycles. The smallest absolute Gasteiger partial charge is 0.236 e. The molecule has 1 saturated carbocycles. The van der Waals surface area contributed by atoms with E-state index in [1.807, 2.05) is 18.7 Å². The summed E-state index contributed by atoms with van der Waals surface area (Å²) in [5.41, 5.74) is 0. The van der Waals surface area contributed by atoms with Gasteiger partial charge in [0.15, 0.2) is 0 Å². The first-order valence-corrected chi connectivity index (χ1v) is 8.40. The van der Waals surface area contributed by atoms with Gasteiger partial charge in [0.25, 0.3) is 0 Å². The number of carbonyl (C=O) groups excluding carboxylic acids is 1. The van der Waals surface area contributed by atoms with Crippen LogP contribution in [0.25, 0.3) is 0 Å². The molecular weight excluding hydrogens is 244 g/mol. The van der Waals surface area contributed by atoms with Crippen molar-refractivity contribution in [2.24, 2.45) is 5.92 Å². The van der Waals surface area contributed by atoms with E-state index < -0.39 is 0 Å². The van der Waals surface area contributed by atoms with Gasteiger partial charge >= 0.3 is 0 Å². The van der Waals surface area contributed by atoms with E-state index in [0.717, 1.165) is 13.0 Å². The van der Waals surface area contributed by atoms with Crippen LogP contribution in [0.3, 0.4) is 0 Å². The van der Waals surface area contributed by atoms with Crippen molar-refractivity contribution in [2.75, 3.05) is 12.8 Å². The number of thioether (sulfide) groups is 1. The van der Waals surface area contributed by atoms with E-state index in [1.54, 1.807) is 0 Å². The molecule has 1 rings (SSSR count). The fourth-order valence-corrected chi connectivity index (χ4v) is 3.38. The summed E-state index contributed by atoms with van der Waals surface area (Å²) in [6.07, 6.45) is 6.98. The Morgan fingerprint density at radius 1 is 1.33 bits per heavy atom. The highest BCUT2D eigenvalue weighted by atomic mass is 32.2. The van der Waals surface area contributed by atoms with Gasteiger partial charge in [-0.2, -0.15) is 11.8 Å². The summed E-state index contributed by atoms with van der Waals surface area (Å²) < 4.78 is 0. The fraction of sp³-hybridized carbons (Fsp3) is 0.929. The minimum absolute atomic E-state index is 0.0742. The maximum Gasteiger partial charge on any atom is 0.236 e. The maximum absolute atomic E-state index is 11.9. The molecule has 0 heterocycles. The SMILES string of the molecule is CSC1CCCC1NC(C)C(=O)NCCC(C)C. The number of hydrogen-bond acceptors (Lipinski definition) is 3. The second kappa shape index (κ2) is 8.05. The summed E-state index contributed by atoms with van der Waals surface area (Å²) in [5, 5.41) is 7.17. The lowest BCUT2D eigenvalue weighted by molar-refractivity contribution is -0.122. The van der Waals surface area contributed by atoms with Crippen LogP contribution in [0.1, 0.15) is 46.5 Å². The molecule has 0 spiro atoms. The van der Waals surface area contributed by atoms with Crippen LogP contribution >= 0.6 is 11.8 Å². The Hall–Kier alpha value is -0.220. The van der Waals surface area contributed by atoms with E-state index in [2.05, 4.69) is 30.7 Å². The zero-order chi connectivity index (χ0) is 13.5. The Kier molecular flexibility index (Phi) is 7.08. The lowest BCUT2D eigenvalue weighted by Gasteiger charge is -2.23. The third kappa shape index (κ3) is 5.19. The zero-order valence-corrected chi connectivity index (χ0v) is 13.0. The van der Waals surface area contributed by atoms with E-state index in [1.165, 1.54) is 19.3 Å².